The second kappa shape index (κ2) is 5.04. The first-order chi connectivity index (χ1) is 8.58. The number of aromatic nitrogens is 2. The number of hydrogen-bond acceptors (Lipinski definition) is 2. The van der Waals surface area contributed by atoms with E-state index in [9.17, 15) is 4.79 Å². The van der Waals surface area contributed by atoms with Crippen LogP contribution in [0.1, 0.15) is 21.6 Å². The van der Waals surface area contributed by atoms with Crippen LogP contribution in [-0.4, -0.2) is 27.6 Å². The summed E-state index contributed by atoms with van der Waals surface area (Å²) in [5.74, 6) is 0.00412. The number of rotatable bonds is 3. The molecule has 1 amide bonds. The van der Waals surface area contributed by atoms with Crippen LogP contribution < -0.4 is 0 Å². The van der Waals surface area contributed by atoms with Crippen molar-refractivity contribution in [1.82, 2.24) is 14.7 Å². The first kappa shape index (κ1) is 12.4. The molecule has 4 nitrogen and oxygen atoms in total. The van der Waals surface area contributed by atoms with Gasteiger partial charge in [0.25, 0.3) is 5.91 Å². The lowest BCUT2D eigenvalue weighted by molar-refractivity contribution is 0.0784. The largest absolute Gasteiger partial charge is 0.337 e. The number of amides is 1. The van der Waals surface area contributed by atoms with Gasteiger partial charge < -0.3 is 4.90 Å². The van der Waals surface area contributed by atoms with E-state index in [0.717, 1.165) is 11.3 Å². The van der Waals surface area contributed by atoms with Crippen LogP contribution in [-0.2, 0) is 13.6 Å². The Balaban J connectivity index is 2.12. The zero-order valence-electron chi connectivity index (χ0n) is 10.9. The van der Waals surface area contributed by atoms with Crippen LogP contribution >= 0.6 is 0 Å². The predicted molar refractivity (Wildman–Crippen MR) is 70.2 cm³/mol. The molecule has 0 saturated carbocycles. The average Bonchev–Trinajstić information content (AvgIpc) is 2.68. The van der Waals surface area contributed by atoms with Gasteiger partial charge >= 0.3 is 0 Å². The monoisotopic (exact) mass is 243 g/mol. The fourth-order valence-corrected chi connectivity index (χ4v) is 1.94. The summed E-state index contributed by atoms with van der Waals surface area (Å²) in [5, 5.41) is 4.19. The minimum atomic E-state index is 0.00412. The number of benzene rings is 1. The van der Waals surface area contributed by atoms with Gasteiger partial charge in [-0.05, 0) is 12.5 Å². The Morgan fingerprint density at radius 1 is 1.33 bits per heavy atom. The number of aryl methyl sites for hydroxylation is 2. The van der Waals surface area contributed by atoms with Crippen molar-refractivity contribution >= 4 is 5.91 Å². The van der Waals surface area contributed by atoms with Crippen molar-refractivity contribution in [3.8, 4) is 0 Å². The lowest BCUT2D eigenvalue weighted by Crippen LogP contribution is -2.26. The molecule has 0 aliphatic heterocycles. The van der Waals surface area contributed by atoms with Gasteiger partial charge in [0.05, 0.1) is 11.3 Å². The summed E-state index contributed by atoms with van der Waals surface area (Å²) in [7, 11) is 3.63. The van der Waals surface area contributed by atoms with Gasteiger partial charge in [-0.1, -0.05) is 30.3 Å². The third kappa shape index (κ3) is 2.59. The minimum Gasteiger partial charge on any atom is -0.337 e. The Morgan fingerprint density at radius 2 is 2.00 bits per heavy atom. The van der Waals surface area contributed by atoms with Gasteiger partial charge in [-0.3, -0.25) is 9.48 Å². The second-order valence-corrected chi connectivity index (χ2v) is 4.45. The topological polar surface area (TPSA) is 38.1 Å². The highest BCUT2D eigenvalue weighted by Crippen LogP contribution is 2.10. The first-order valence-electron chi connectivity index (χ1n) is 5.87. The van der Waals surface area contributed by atoms with Gasteiger partial charge in [0.2, 0.25) is 0 Å². The van der Waals surface area contributed by atoms with Crippen molar-refractivity contribution in [3.05, 3.63) is 53.3 Å². The van der Waals surface area contributed by atoms with E-state index in [1.54, 1.807) is 15.8 Å². The highest BCUT2D eigenvalue weighted by atomic mass is 16.2. The van der Waals surface area contributed by atoms with Crippen molar-refractivity contribution in [1.29, 1.82) is 0 Å². The molecule has 1 aromatic heterocycles. The standard InChI is InChI=1S/C14H17N3O/c1-11-13(10-17(3)15-11)14(18)16(2)9-12-7-5-4-6-8-12/h4-8,10H,9H2,1-3H3. The van der Waals surface area contributed by atoms with E-state index in [0.29, 0.717) is 12.1 Å². The average molecular weight is 243 g/mol. The molecule has 2 rings (SSSR count). The van der Waals surface area contributed by atoms with E-state index >= 15 is 0 Å². The Morgan fingerprint density at radius 3 is 2.56 bits per heavy atom. The summed E-state index contributed by atoms with van der Waals surface area (Å²) in [6.45, 7) is 2.46. The van der Waals surface area contributed by atoms with Crippen molar-refractivity contribution in [2.45, 2.75) is 13.5 Å². The summed E-state index contributed by atoms with van der Waals surface area (Å²) >= 11 is 0. The molecular weight excluding hydrogens is 226 g/mol. The lowest BCUT2D eigenvalue weighted by atomic mass is 10.2. The second-order valence-electron chi connectivity index (χ2n) is 4.45. The number of hydrogen-bond donors (Lipinski definition) is 0. The van der Waals surface area contributed by atoms with Crippen LogP contribution in [0.4, 0.5) is 0 Å². The first-order valence-corrected chi connectivity index (χ1v) is 5.87. The molecule has 4 heteroatoms. The van der Waals surface area contributed by atoms with E-state index in [1.165, 1.54) is 0 Å². The van der Waals surface area contributed by atoms with Crippen LogP contribution in [0.25, 0.3) is 0 Å². The van der Waals surface area contributed by atoms with Crippen molar-refractivity contribution in [2.24, 2.45) is 7.05 Å². The van der Waals surface area contributed by atoms with Crippen molar-refractivity contribution in [2.75, 3.05) is 7.05 Å². The smallest absolute Gasteiger partial charge is 0.257 e. The number of carbonyl (C=O) groups excluding carboxylic acids is 1. The molecule has 0 spiro atoms. The van der Waals surface area contributed by atoms with E-state index in [1.807, 2.05) is 51.4 Å². The van der Waals surface area contributed by atoms with E-state index < -0.39 is 0 Å². The van der Waals surface area contributed by atoms with Crippen LogP contribution in [0.2, 0.25) is 0 Å². The van der Waals surface area contributed by atoms with Gasteiger partial charge in [0, 0.05) is 26.8 Å². The molecule has 0 aliphatic carbocycles. The normalized spacial score (nSPS) is 10.4. The third-order valence-electron chi connectivity index (χ3n) is 2.85. The molecule has 1 heterocycles. The highest BCUT2D eigenvalue weighted by Gasteiger charge is 2.16. The summed E-state index contributed by atoms with van der Waals surface area (Å²) < 4.78 is 1.67. The third-order valence-corrected chi connectivity index (χ3v) is 2.85. The molecule has 1 aromatic carbocycles. The van der Waals surface area contributed by atoms with Crippen LogP contribution in [0.3, 0.4) is 0 Å². The Kier molecular flexibility index (Phi) is 3.46. The molecule has 2 aromatic rings. The fourth-order valence-electron chi connectivity index (χ4n) is 1.94. The maximum Gasteiger partial charge on any atom is 0.257 e. The van der Waals surface area contributed by atoms with E-state index in [-0.39, 0.29) is 5.91 Å². The van der Waals surface area contributed by atoms with Gasteiger partial charge in [0.1, 0.15) is 0 Å². The molecule has 0 unspecified atom stereocenters. The minimum absolute atomic E-state index is 0.00412. The molecule has 0 N–H and O–H groups in total. The molecule has 0 radical (unpaired) electrons. The van der Waals surface area contributed by atoms with E-state index in [2.05, 4.69) is 5.10 Å². The maximum atomic E-state index is 12.3. The summed E-state index contributed by atoms with van der Waals surface area (Å²) in [5.41, 5.74) is 2.55. The maximum absolute atomic E-state index is 12.3. The zero-order valence-corrected chi connectivity index (χ0v) is 10.9. The van der Waals surface area contributed by atoms with Gasteiger partial charge in [-0.25, -0.2) is 0 Å². The fraction of sp³-hybridized carbons (Fsp3) is 0.286. The van der Waals surface area contributed by atoms with E-state index in [4.69, 9.17) is 0 Å². The highest BCUT2D eigenvalue weighted by molar-refractivity contribution is 5.94. The Bertz CT molecular complexity index is 545. The zero-order chi connectivity index (χ0) is 13.1. The Hall–Kier alpha value is -2.10. The van der Waals surface area contributed by atoms with Gasteiger partial charge in [0.15, 0.2) is 0 Å². The molecule has 0 bridgehead atoms. The quantitative estimate of drug-likeness (QED) is 0.827. The molecule has 0 saturated heterocycles. The molecule has 18 heavy (non-hydrogen) atoms. The number of carbonyl (C=O) groups is 1. The summed E-state index contributed by atoms with van der Waals surface area (Å²) in [6, 6.07) is 9.95. The van der Waals surface area contributed by atoms with Crippen molar-refractivity contribution < 1.29 is 4.79 Å². The summed E-state index contributed by atoms with van der Waals surface area (Å²) in [4.78, 5) is 14.0. The van der Waals surface area contributed by atoms with Gasteiger partial charge in [-0.15, -0.1) is 0 Å². The molecule has 0 atom stereocenters. The SMILES string of the molecule is Cc1nn(C)cc1C(=O)N(C)Cc1ccccc1. The molecular formula is C14H17N3O. The van der Waals surface area contributed by atoms with Gasteiger partial charge in [-0.2, -0.15) is 5.10 Å². The molecule has 94 valence electrons. The Labute approximate surface area is 107 Å². The van der Waals surface area contributed by atoms with Crippen molar-refractivity contribution in [3.63, 3.8) is 0 Å². The predicted octanol–water partition coefficient (Wildman–Crippen LogP) is 2.00. The van der Waals surface area contributed by atoms with Crippen LogP contribution in [0.15, 0.2) is 36.5 Å². The number of nitrogens with zero attached hydrogens (tertiary/aromatic N) is 3. The molecule has 0 aliphatic rings. The van der Waals surface area contributed by atoms with Crippen LogP contribution in [0.5, 0.6) is 0 Å². The van der Waals surface area contributed by atoms with Crippen LogP contribution in [0, 0.1) is 6.92 Å². The molecule has 0 fully saturated rings. The summed E-state index contributed by atoms with van der Waals surface area (Å²) in [6.07, 6.45) is 1.76. The lowest BCUT2D eigenvalue weighted by Gasteiger charge is -2.16.